The minimum Gasteiger partial charge on any atom is -0.486 e. The van der Waals surface area contributed by atoms with Gasteiger partial charge in [0.05, 0.1) is 6.61 Å². The summed E-state index contributed by atoms with van der Waals surface area (Å²) in [6, 6.07) is 6.69. The third-order valence-corrected chi connectivity index (χ3v) is 2.73. The first kappa shape index (κ1) is 15.0. The van der Waals surface area contributed by atoms with Crippen LogP contribution >= 0.6 is 0 Å². The normalized spacial score (nSPS) is 12.8. The summed E-state index contributed by atoms with van der Waals surface area (Å²) < 4.78 is 11.2. The van der Waals surface area contributed by atoms with E-state index in [9.17, 15) is 0 Å². The Bertz CT molecular complexity index is 364. The van der Waals surface area contributed by atoms with E-state index in [-0.39, 0.29) is 6.10 Å². The van der Waals surface area contributed by atoms with E-state index in [0.717, 1.165) is 12.3 Å². The predicted octanol–water partition coefficient (Wildman–Crippen LogP) is 2.70. The Hall–Kier alpha value is -1.06. The van der Waals surface area contributed by atoms with Crippen LogP contribution in [0.25, 0.3) is 0 Å². The zero-order chi connectivity index (χ0) is 13.5. The fourth-order valence-corrected chi connectivity index (χ4v) is 1.80. The van der Waals surface area contributed by atoms with Crippen molar-refractivity contribution in [3.63, 3.8) is 0 Å². The van der Waals surface area contributed by atoms with Crippen molar-refractivity contribution in [2.75, 3.05) is 20.3 Å². The maximum absolute atomic E-state index is 6.00. The van der Waals surface area contributed by atoms with Crippen LogP contribution in [0.5, 0.6) is 5.75 Å². The van der Waals surface area contributed by atoms with Crippen LogP contribution in [0.3, 0.4) is 0 Å². The SMILES string of the molecule is COCC(CNC(C)C)Oc1ccc(C)cc1C. The van der Waals surface area contributed by atoms with Crippen LogP contribution < -0.4 is 10.1 Å². The Kier molecular flexibility index (Phi) is 6.16. The Labute approximate surface area is 110 Å². The second-order valence-electron chi connectivity index (χ2n) is 5.03. The molecule has 0 aliphatic rings. The molecule has 1 unspecified atom stereocenters. The van der Waals surface area contributed by atoms with E-state index in [4.69, 9.17) is 9.47 Å². The molecule has 0 bridgehead atoms. The Balaban J connectivity index is 2.64. The van der Waals surface area contributed by atoms with E-state index in [1.807, 2.05) is 6.07 Å². The average molecular weight is 251 g/mol. The minimum atomic E-state index is 0.0406. The molecule has 0 aromatic heterocycles. The van der Waals surface area contributed by atoms with Gasteiger partial charge in [-0.15, -0.1) is 0 Å². The van der Waals surface area contributed by atoms with Crippen LogP contribution in [-0.2, 0) is 4.74 Å². The molecule has 1 rings (SSSR count). The number of hydrogen-bond donors (Lipinski definition) is 1. The number of rotatable bonds is 7. The second kappa shape index (κ2) is 7.39. The van der Waals surface area contributed by atoms with E-state index in [0.29, 0.717) is 12.6 Å². The number of hydrogen-bond acceptors (Lipinski definition) is 3. The summed E-state index contributed by atoms with van der Waals surface area (Å²) in [6.45, 7) is 9.79. The van der Waals surface area contributed by atoms with Crippen molar-refractivity contribution in [1.29, 1.82) is 0 Å². The molecule has 0 heterocycles. The smallest absolute Gasteiger partial charge is 0.134 e. The molecule has 0 aliphatic carbocycles. The molecule has 3 nitrogen and oxygen atoms in total. The van der Waals surface area contributed by atoms with Crippen molar-refractivity contribution < 1.29 is 9.47 Å². The van der Waals surface area contributed by atoms with Crippen LogP contribution in [-0.4, -0.2) is 32.4 Å². The molecule has 0 radical (unpaired) electrons. The first-order valence-corrected chi connectivity index (χ1v) is 6.49. The quantitative estimate of drug-likeness (QED) is 0.808. The van der Waals surface area contributed by atoms with Gasteiger partial charge in [-0.2, -0.15) is 0 Å². The number of nitrogens with one attached hydrogen (secondary N) is 1. The van der Waals surface area contributed by atoms with Crippen molar-refractivity contribution in [1.82, 2.24) is 5.32 Å². The van der Waals surface area contributed by atoms with Gasteiger partial charge in [-0.05, 0) is 25.5 Å². The van der Waals surface area contributed by atoms with Crippen molar-refractivity contribution in [3.05, 3.63) is 29.3 Å². The van der Waals surface area contributed by atoms with E-state index in [2.05, 4.69) is 45.1 Å². The number of ether oxygens (including phenoxy) is 2. The Morgan fingerprint density at radius 2 is 1.94 bits per heavy atom. The largest absolute Gasteiger partial charge is 0.486 e. The van der Waals surface area contributed by atoms with E-state index < -0.39 is 0 Å². The van der Waals surface area contributed by atoms with Crippen LogP contribution in [0.15, 0.2) is 18.2 Å². The minimum absolute atomic E-state index is 0.0406. The molecule has 0 amide bonds. The molecule has 0 fully saturated rings. The van der Waals surface area contributed by atoms with Gasteiger partial charge in [-0.3, -0.25) is 0 Å². The van der Waals surface area contributed by atoms with Gasteiger partial charge >= 0.3 is 0 Å². The fraction of sp³-hybridized carbons (Fsp3) is 0.600. The molecule has 1 aromatic carbocycles. The zero-order valence-electron chi connectivity index (χ0n) is 12.1. The first-order chi connectivity index (χ1) is 8.52. The molecule has 1 atom stereocenters. The van der Waals surface area contributed by atoms with Crippen molar-refractivity contribution in [2.45, 2.75) is 39.8 Å². The molecular formula is C15H25NO2. The molecule has 1 aromatic rings. The van der Waals surface area contributed by atoms with Gasteiger partial charge in [0.1, 0.15) is 11.9 Å². The Morgan fingerprint density at radius 3 is 2.50 bits per heavy atom. The highest BCUT2D eigenvalue weighted by Crippen LogP contribution is 2.20. The highest BCUT2D eigenvalue weighted by molar-refractivity contribution is 5.35. The van der Waals surface area contributed by atoms with Crippen molar-refractivity contribution >= 4 is 0 Å². The van der Waals surface area contributed by atoms with Crippen LogP contribution in [0.4, 0.5) is 0 Å². The second-order valence-corrected chi connectivity index (χ2v) is 5.03. The molecule has 18 heavy (non-hydrogen) atoms. The first-order valence-electron chi connectivity index (χ1n) is 6.49. The number of benzene rings is 1. The summed E-state index contributed by atoms with van der Waals surface area (Å²) in [5.74, 6) is 0.938. The van der Waals surface area contributed by atoms with E-state index >= 15 is 0 Å². The van der Waals surface area contributed by atoms with Crippen molar-refractivity contribution in [2.24, 2.45) is 0 Å². The lowest BCUT2D eigenvalue weighted by atomic mass is 10.1. The zero-order valence-corrected chi connectivity index (χ0v) is 12.1. The van der Waals surface area contributed by atoms with Gasteiger partial charge < -0.3 is 14.8 Å². The number of aryl methyl sites for hydroxylation is 2. The van der Waals surface area contributed by atoms with Crippen LogP contribution in [0.2, 0.25) is 0 Å². The summed E-state index contributed by atoms with van der Waals surface area (Å²) in [4.78, 5) is 0. The molecule has 1 N–H and O–H groups in total. The topological polar surface area (TPSA) is 30.5 Å². The van der Waals surface area contributed by atoms with Gasteiger partial charge in [0.15, 0.2) is 0 Å². The molecule has 0 aliphatic heterocycles. The van der Waals surface area contributed by atoms with E-state index in [1.165, 1.54) is 11.1 Å². The summed E-state index contributed by atoms with van der Waals surface area (Å²) in [6.07, 6.45) is 0.0406. The maximum Gasteiger partial charge on any atom is 0.134 e. The lowest BCUT2D eigenvalue weighted by molar-refractivity contribution is 0.0789. The van der Waals surface area contributed by atoms with Gasteiger partial charge in [0.25, 0.3) is 0 Å². The van der Waals surface area contributed by atoms with Crippen LogP contribution in [0, 0.1) is 13.8 Å². The van der Waals surface area contributed by atoms with Crippen LogP contribution in [0.1, 0.15) is 25.0 Å². The molecular weight excluding hydrogens is 226 g/mol. The van der Waals surface area contributed by atoms with Gasteiger partial charge in [0.2, 0.25) is 0 Å². The van der Waals surface area contributed by atoms with E-state index in [1.54, 1.807) is 7.11 Å². The summed E-state index contributed by atoms with van der Waals surface area (Å²) in [5.41, 5.74) is 2.42. The monoisotopic (exact) mass is 251 g/mol. The molecule has 0 saturated carbocycles. The maximum atomic E-state index is 6.00. The average Bonchev–Trinajstić information content (AvgIpc) is 2.29. The standard InChI is InChI=1S/C15H25NO2/c1-11(2)16-9-14(10-17-5)18-15-7-6-12(3)8-13(15)4/h6-8,11,14,16H,9-10H2,1-5H3. The highest BCUT2D eigenvalue weighted by atomic mass is 16.5. The molecule has 0 saturated heterocycles. The third-order valence-electron chi connectivity index (χ3n) is 2.73. The molecule has 102 valence electrons. The molecule has 0 spiro atoms. The lowest BCUT2D eigenvalue weighted by Gasteiger charge is -2.21. The summed E-state index contributed by atoms with van der Waals surface area (Å²) >= 11 is 0. The summed E-state index contributed by atoms with van der Waals surface area (Å²) in [5, 5.41) is 3.38. The van der Waals surface area contributed by atoms with Gasteiger partial charge in [-0.25, -0.2) is 0 Å². The highest BCUT2D eigenvalue weighted by Gasteiger charge is 2.12. The molecule has 3 heteroatoms. The lowest BCUT2D eigenvalue weighted by Crippen LogP contribution is -2.38. The van der Waals surface area contributed by atoms with Crippen molar-refractivity contribution in [3.8, 4) is 5.75 Å². The predicted molar refractivity (Wildman–Crippen MR) is 75.3 cm³/mol. The van der Waals surface area contributed by atoms with Gasteiger partial charge in [0, 0.05) is 19.7 Å². The third kappa shape index (κ3) is 5.07. The number of methoxy groups -OCH3 is 1. The fourth-order valence-electron chi connectivity index (χ4n) is 1.80. The van der Waals surface area contributed by atoms with Gasteiger partial charge in [-0.1, -0.05) is 31.5 Å². The Morgan fingerprint density at radius 1 is 1.22 bits per heavy atom. The summed E-state index contributed by atoms with van der Waals surface area (Å²) in [7, 11) is 1.70.